The summed E-state index contributed by atoms with van der Waals surface area (Å²) in [5, 5.41) is 45.4. The van der Waals surface area contributed by atoms with Crippen LogP contribution in [-0.2, 0) is 18.9 Å². The second kappa shape index (κ2) is 35.2. The molecule has 0 fully saturated rings. The normalized spacial score (nSPS) is 9.52. The minimum atomic E-state index is -0.443. The van der Waals surface area contributed by atoms with Crippen molar-refractivity contribution in [3.63, 3.8) is 0 Å². The van der Waals surface area contributed by atoms with Crippen LogP contribution in [0.4, 0.5) is 0 Å². The van der Waals surface area contributed by atoms with Gasteiger partial charge in [0.05, 0.1) is 68.5 Å². The zero-order valence-electron chi connectivity index (χ0n) is 36.5. The summed E-state index contributed by atoms with van der Waals surface area (Å²) in [6.45, 7) is 0.336. The third-order valence-electron chi connectivity index (χ3n) is 7.77. The van der Waals surface area contributed by atoms with E-state index in [4.69, 9.17) is 49.2 Å². The Morgan fingerprint density at radius 2 is 0.754 bits per heavy atom. The molecule has 5 aromatic carbocycles. The zero-order valence-corrected chi connectivity index (χ0v) is 36.5. The number of amides is 1. The van der Waals surface area contributed by atoms with Gasteiger partial charge in [-0.05, 0) is 84.9 Å². The van der Waals surface area contributed by atoms with Crippen molar-refractivity contribution in [2.24, 2.45) is 0 Å². The van der Waals surface area contributed by atoms with Crippen LogP contribution in [0.3, 0.4) is 0 Å². The Labute approximate surface area is 377 Å². The zero-order chi connectivity index (χ0) is 48.1. The van der Waals surface area contributed by atoms with Crippen molar-refractivity contribution in [3.05, 3.63) is 161 Å². The number of aliphatic hydroxyl groups excluding tert-OH is 4. The highest BCUT2D eigenvalue weighted by Crippen LogP contribution is 2.15. The minimum absolute atomic E-state index is 0.00634. The van der Waals surface area contributed by atoms with E-state index in [0.717, 1.165) is 0 Å². The number of methoxy groups -OCH3 is 2. The summed E-state index contributed by atoms with van der Waals surface area (Å²) < 4.78 is 29.1. The molecule has 0 radical (unpaired) electrons. The molecule has 6 N–H and O–H groups in total. The van der Waals surface area contributed by atoms with Gasteiger partial charge in [-0.25, -0.2) is 19.2 Å². The van der Waals surface area contributed by atoms with Gasteiger partial charge in [-0.2, -0.15) is 0 Å². The van der Waals surface area contributed by atoms with Crippen LogP contribution in [0.1, 0.15) is 64.6 Å². The number of carbonyl (C=O) groups excluding carboxylic acids is 5. The standard InChI is InChI=1S/C11H14O4.C10H12O4.C10H12O3.C9H10O3.C8H9NO2/c1-14-10-5-3-9(4-6-10)11(13)15-8-2-7-12;1-13-9-4-2-8(3-5-9)10(12)14-7-6-11;11-7-4-8-13-10(12)9-5-2-1-3-6-9;10-6-7-12-9(11)8-4-2-1-3-5-8;1-9-8(11)6-4-2-3-5-7(6)10/h3-6,12H,2,7-8H2,1H3;2-5,11H,6-7H2,1H3;1-3,5-6,11H,4,7-8H2;1-5,10H,6-7H2;2-5,10H,1H3,(H,9,11). The van der Waals surface area contributed by atoms with E-state index in [-0.39, 0.29) is 76.5 Å². The molecule has 0 saturated carbocycles. The van der Waals surface area contributed by atoms with E-state index in [0.29, 0.717) is 52.2 Å². The molecule has 0 bridgehead atoms. The fourth-order valence-corrected chi connectivity index (χ4v) is 4.47. The number of benzene rings is 5. The van der Waals surface area contributed by atoms with Crippen LogP contribution in [0.25, 0.3) is 0 Å². The molecule has 0 aliphatic heterocycles. The molecule has 0 aliphatic carbocycles. The van der Waals surface area contributed by atoms with Crippen LogP contribution >= 0.6 is 0 Å². The van der Waals surface area contributed by atoms with Gasteiger partial charge in [0, 0.05) is 33.1 Å². The van der Waals surface area contributed by atoms with Crippen molar-refractivity contribution < 1.29 is 77.9 Å². The Balaban J connectivity index is 0.000000408. The van der Waals surface area contributed by atoms with Gasteiger partial charge < -0.3 is 59.3 Å². The molecular weight excluding hydrogens is 847 g/mol. The fraction of sp³-hybridized carbons (Fsp3) is 0.271. The van der Waals surface area contributed by atoms with E-state index >= 15 is 0 Å². The number of esters is 4. The smallest absolute Gasteiger partial charge is 0.338 e. The van der Waals surface area contributed by atoms with E-state index < -0.39 is 11.9 Å². The average Bonchev–Trinajstić information content (AvgIpc) is 3.36. The second-order valence-electron chi connectivity index (χ2n) is 12.4. The third-order valence-corrected chi connectivity index (χ3v) is 7.77. The van der Waals surface area contributed by atoms with Gasteiger partial charge in [-0.1, -0.05) is 48.5 Å². The number of ether oxygens (including phenoxy) is 6. The van der Waals surface area contributed by atoms with Crippen molar-refractivity contribution in [1.82, 2.24) is 5.32 Å². The van der Waals surface area contributed by atoms with Gasteiger partial charge in [-0.3, -0.25) is 4.79 Å². The number of rotatable bonds is 17. The summed E-state index contributed by atoms with van der Waals surface area (Å²) in [5.41, 5.74) is 2.27. The Morgan fingerprint density at radius 1 is 0.431 bits per heavy atom. The molecule has 17 heteroatoms. The first-order valence-electron chi connectivity index (χ1n) is 20.0. The molecule has 0 unspecified atom stereocenters. The number of aromatic hydroxyl groups is 1. The lowest BCUT2D eigenvalue weighted by Gasteiger charge is -2.04. The van der Waals surface area contributed by atoms with Crippen LogP contribution in [0.2, 0.25) is 0 Å². The molecule has 0 spiro atoms. The molecule has 350 valence electrons. The maximum Gasteiger partial charge on any atom is 0.338 e. The predicted molar refractivity (Wildman–Crippen MR) is 239 cm³/mol. The molecule has 5 aromatic rings. The topological polar surface area (TPSA) is 254 Å². The average molecular weight is 904 g/mol. The summed E-state index contributed by atoms with van der Waals surface area (Å²) in [7, 11) is 4.64. The predicted octanol–water partition coefficient (Wildman–Crippen LogP) is 4.89. The Morgan fingerprint density at radius 3 is 1.06 bits per heavy atom. The second-order valence-corrected chi connectivity index (χ2v) is 12.4. The monoisotopic (exact) mass is 903 g/mol. The number of carbonyl (C=O) groups is 5. The largest absolute Gasteiger partial charge is 0.507 e. The van der Waals surface area contributed by atoms with Gasteiger partial charge >= 0.3 is 23.9 Å². The molecule has 0 aromatic heterocycles. The summed E-state index contributed by atoms with van der Waals surface area (Å²) in [5.74, 6) is -0.452. The van der Waals surface area contributed by atoms with Crippen LogP contribution in [0.15, 0.2) is 133 Å². The first kappa shape index (κ1) is 55.7. The van der Waals surface area contributed by atoms with E-state index in [9.17, 15) is 24.0 Å². The highest BCUT2D eigenvalue weighted by Gasteiger charge is 2.09. The molecule has 0 heterocycles. The maximum atomic E-state index is 11.4. The number of para-hydroxylation sites is 1. The number of aliphatic hydroxyl groups is 4. The number of nitrogens with one attached hydrogen (secondary N) is 1. The highest BCUT2D eigenvalue weighted by atomic mass is 16.5. The van der Waals surface area contributed by atoms with Crippen LogP contribution in [0.5, 0.6) is 17.2 Å². The van der Waals surface area contributed by atoms with Crippen LogP contribution in [-0.4, -0.2) is 129 Å². The number of phenolic OH excluding ortho intramolecular Hbond substituents is 1. The van der Waals surface area contributed by atoms with Gasteiger partial charge in [0.15, 0.2) is 0 Å². The maximum absolute atomic E-state index is 11.4. The van der Waals surface area contributed by atoms with Crippen molar-refractivity contribution in [2.45, 2.75) is 12.8 Å². The molecule has 0 aliphatic rings. The molecule has 1 amide bonds. The van der Waals surface area contributed by atoms with Crippen molar-refractivity contribution in [1.29, 1.82) is 0 Å². The summed E-state index contributed by atoms with van der Waals surface area (Å²) >= 11 is 0. The quantitative estimate of drug-likeness (QED) is 0.0413. The lowest BCUT2D eigenvalue weighted by atomic mass is 10.2. The van der Waals surface area contributed by atoms with Crippen molar-refractivity contribution in [2.75, 3.05) is 74.1 Å². The van der Waals surface area contributed by atoms with E-state index in [1.54, 1.807) is 129 Å². The lowest BCUT2D eigenvalue weighted by Crippen LogP contribution is -2.17. The van der Waals surface area contributed by atoms with Crippen molar-refractivity contribution in [3.8, 4) is 17.2 Å². The molecule has 0 atom stereocenters. The van der Waals surface area contributed by atoms with Gasteiger partial charge in [0.25, 0.3) is 5.91 Å². The van der Waals surface area contributed by atoms with Gasteiger partial charge in [-0.15, -0.1) is 0 Å². The van der Waals surface area contributed by atoms with E-state index in [1.807, 2.05) is 12.1 Å². The van der Waals surface area contributed by atoms with E-state index in [1.165, 1.54) is 13.1 Å². The molecular formula is C48H57NO16. The molecule has 17 nitrogen and oxygen atoms in total. The lowest BCUT2D eigenvalue weighted by molar-refractivity contribution is 0.0427. The Kier molecular flexibility index (Phi) is 30.2. The Hall–Kier alpha value is -7.31. The fourth-order valence-electron chi connectivity index (χ4n) is 4.47. The SMILES string of the molecule is CNC(=O)c1ccccc1O.COc1ccc(C(=O)OCCCO)cc1.COc1ccc(C(=O)OCCO)cc1.O=C(OCCCO)c1ccccc1.O=C(OCCO)c1ccccc1. The van der Waals surface area contributed by atoms with Crippen LogP contribution in [0, 0.1) is 0 Å². The van der Waals surface area contributed by atoms with Gasteiger partial charge in [0.2, 0.25) is 0 Å². The molecule has 5 rings (SSSR count). The van der Waals surface area contributed by atoms with Crippen LogP contribution < -0.4 is 14.8 Å². The first-order valence-corrected chi connectivity index (χ1v) is 20.0. The van der Waals surface area contributed by atoms with Crippen molar-refractivity contribution >= 4 is 29.8 Å². The number of hydrogen-bond acceptors (Lipinski definition) is 16. The summed E-state index contributed by atoms with van der Waals surface area (Å²) in [6, 6.07) is 37.1. The third kappa shape index (κ3) is 24.2. The van der Waals surface area contributed by atoms with E-state index in [2.05, 4.69) is 10.1 Å². The minimum Gasteiger partial charge on any atom is -0.507 e. The molecule has 0 saturated heterocycles. The first-order chi connectivity index (χ1) is 31.5. The summed E-state index contributed by atoms with van der Waals surface area (Å²) in [4.78, 5) is 55.9. The molecule has 65 heavy (non-hydrogen) atoms. The number of phenols is 1. The number of hydrogen-bond donors (Lipinski definition) is 6. The summed E-state index contributed by atoms with van der Waals surface area (Å²) in [6.07, 6.45) is 0.945. The Bertz CT molecular complexity index is 2060. The van der Waals surface area contributed by atoms with Gasteiger partial charge in [0.1, 0.15) is 30.5 Å². The highest BCUT2D eigenvalue weighted by molar-refractivity contribution is 5.96.